The Balaban J connectivity index is 1.99. The van der Waals surface area contributed by atoms with Gasteiger partial charge in [-0.2, -0.15) is 0 Å². The number of sulfonamides is 2. The molecule has 0 aromatic heterocycles. The van der Waals surface area contributed by atoms with Crippen LogP contribution < -0.4 is 15.2 Å². The number of nitrogens with two attached hydrogens (primary N) is 1. The third-order valence-electron chi connectivity index (χ3n) is 4.38. The van der Waals surface area contributed by atoms with Gasteiger partial charge in [-0.15, -0.1) is 0 Å². The molecule has 11 heteroatoms. The van der Waals surface area contributed by atoms with Crippen LogP contribution in [-0.4, -0.2) is 34.0 Å². The van der Waals surface area contributed by atoms with Crippen molar-refractivity contribution < 1.29 is 26.7 Å². The van der Waals surface area contributed by atoms with Crippen LogP contribution in [0.2, 0.25) is 0 Å². The number of carboxylic acids is 1. The number of carboxylic acid groups (broad SMARTS) is 1. The Labute approximate surface area is 186 Å². The molecule has 0 radical (unpaired) electrons. The van der Waals surface area contributed by atoms with Gasteiger partial charge in [-0.3, -0.25) is 14.2 Å². The fourth-order valence-electron chi connectivity index (χ4n) is 2.90. The maximum Gasteiger partial charge on any atom is 0.320 e. The Morgan fingerprint density at radius 3 is 1.56 bits per heavy atom. The molecule has 0 saturated heterocycles. The Kier molecular flexibility index (Phi) is 6.82. The predicted molar refractivity (Wildman–Crippen MR) is 120 cm³/mol. The average molecular weight is 476 g/mol. The molecule has 0 aliphatic rings. The van der Waals surface area contributed by atoms with Gasteiger partial charge in [-0.1, -0.05) is 36.4 Å². The molecule has 32 heavy (non-hydrogen) atoms. The molecule has 3 rings (SSSR count). The van der Waals surface area contributed by atoms with E-state index in [-0.39, 0.29) is 27.6 Å². The lowest BCUT2D eigenvalue weighted by Gasteiger charge is -2.15. The number of hydrogen-bond acceptors (Lipinski definition) is 6. The van der Waals surface area contributed by atoms with Crippen molar-refractivity contribution in [3.63, 3.8) is 0 Å². The minimum atomic E-state index is -3.96. The van der Waals surface area contributed by atoms with E-state index in [1.807, 2.05) is 0 Å². The standard InChI is InChI=1S/C21H21N3O6S2/c22-20(21(25)26)13-15-11-16(23-31(27,28)18-7-3-1-4-8-18)14-17(12-15)24-32(29,30)19-9-5-2-6-10-19/h1-12,14,20,23-24H,13,22H2,(H,25,26)/t20-/m0/s1. The van der Waals surface area contributed by atoms with Crippen LogP contribution in [0.5, 0.6) is 0 Å². The number of hydrogen-bond donors (Lipinski definition) is 4. The normalized spacial score (nSPS) is 12.7. The maximum absolute atomic E-state index is 12.7. The number of rotatable bonds is 9. The van der Waals surface area contributed by atoms with E-state index in [0.29, 0.717) is 5.56 Å². The van der Waals surface area contributed by atoms with Crippen LogP contribution in [0.3, 0.4) is 0 Å². The molecule has 5 N–H and O–H groups in total. The molecule has 1 atom stereocenters. The van der Waals surface area contributed by atoms with Gasteiger partial charge in [0.05, 0.1) is 21.2 Å². The van der Waals surface area contributed by atoms with Crippen LogP contribution in [-0.2, 0) is 31.3 Å². The summed E-state index contributed by atoms with van der Waals surface area (Å²) in [5.74, 6) is -1.24. The highest BCUT2D eigenvalue weighted by atomic mass is 32.2. The van der Waals surface area contributed by atoms with Crippen molar-refractivity contribution in [3.8, 4) is 0 Å². The Bertz CT molecular complexity index is 1220. The van der Waals surface area contributed by atoms with Crippen LogP contribution in [0.15, 0.2) is 88.7 Å². The summed E-state index contributed by atoms with van der Waals surface area (Å²) in [6.07, 6.45) is -0.143. The second-order valence-electron chi connectivity index (χ2n) is 6.90. The van der Waals surface area contributed by atoms with Crippen molar-refractivity contribution in [3.05, 3.63) is 84.4 Å². The fraction of sp³-hybridized carbons (Fsp3) is 0.0952. The van der Waals surface area contributed by atoms with E-state index in [4.69, 9.17) is 10.8 Å². The van der Waals surface area contributed by atoms with Crippen molar-refractivity contribution in [1.82, 2.24) is 0 Å². The first kappa shape index (κ1) is 23.3. The summed E-state index contributed by atoms with van der Waals surface area (Å²) < 4.78 is 55.6. The predicted octanol–water partition coefficient (Wildman–Crippen LogP) is 2.24. The van der Waals surface area contributed by atoms with E-state index in [9.17, 15) is 21.6 Å². The second kappa shape index (κ2) is 9.39. The highest BCUT2D eigenvalue weighted by Crippen LogP contribution is 2.25. The van der Waals surface area contributed by atoms with Crippen LogP contribution in [0.1, 0.15) is 5.56 Å². The summed E-state index contributed by atoms with van der Waals surface area (Å²) >= 11 is 0. The zero-order valence-electron chi connectivity index (χ0n) is 16.7. The van der Waals surface area contributed by atoms with E-state index in [1.54, 1.807) is 36.4 Å². The van der Waals surface area contributed by atoms with Crippen molar-refractivity contribution in [1.29, 1.82) is 0 Å². The molecular weight excluding hydrogens is 454 g/mol. The van der Waals surface area contributed by atoms with E-state index in [0.717, 1.165) is 0 Å². The summed E-state index contributed by atoms with van der Waals surface area (Å²) in [7, 11) is -7.92. The lowest BCUT2D eigenvalue weighted by Crippen LogP contribution is -2.32. The quantitative estimate of drug-likeness (QED) is 0.370. The SMILES string of the molecule is N[C@@H](Cc1cc(NS(=O)(=O)c2ccccc2)cc(NS(=O)(=O)c2ccccc2)c1)C(=O)O. The fourth-order valence-corrected chi connectivity index (χ4v) is 5.02. The number of aliphatic carboxylic acids is 1. The molecule has 0 amide bonds. The minimum Gasteiger partial charge on any atom is -0.480 e. The van der Waals surface area contributed by atoms with Gasteiger partial charge in [-0.05, 0) is 54.4 Å². The molecule has 168 valence electrons. The van der Waals surface area contributed by atoms with Gasteiger partial charge >= 0.3 is 5.97 Å². The zero-order chi connectivity index (χ0) is 23.4. The molecule has 0 fully saturated rings. The summed E-state index contributed by atoms with van der Waals surface area (Å²) in [6, 6.07) is 18.1. The van der Waals surface area contributed by atoms with Gasteiger partial charge in [0.25, 0.3) is 20.0 Å². The molecule has 3 aromatic carbocycles. The molecule has 0 heterocycles. The number of carbonyl (C=O) groups is 1. The molecule has 0 unspecified atom stereocenters. The van der Waals surface area contributed by atoms with Gasteiger partial charge in [0.1, 0.15) is 6.04 Å². The van der Waals surface area contributed by atoms with Gasteiger partial charge in [0, 0.05) is 0 Å². The number of nitrogens with one attached hydrogen (secondary N) is 2. The lowest BCUT2D eigenvalue weighted by atomic mass is 10.1. The van der Waals surface area contributed by atoms with Gasteiger partial charge in [0.2, 0.25) is 0 Å². The van der Waals surface area contributed by atoms with Crippen molar-refractivity contribution in [2.24, 2.45) is 5.73 Å². The molecule has 9 nitrogen and oxygen atoms in total. The van der Waals surface area contributed by atoms with E-state index < -0.39 is 32.1 Å². The van der Waals surface area contributed by atoms with E-state index in [2.05, 4.69) is 9.44 Å². The molecule has 3 aromatic rings. The first-order valence-corrected chi connectivity index (χ1v) is 12.3. The smallest absolute Gasteiger partial charge is 0.320 e. The largest absolute Gasteiger partial charge is 0.480 e. The highest BCUT2D eigenvalue weighted by molar-refractivity contribution is 7.93. The average Bonchev–Trinajstić information content (AvgIpc) is 2.74. The topological polar surface area (TPSA) is 156 Å². The van der Waals surface area contributed by atoms with E-state index in [1.165, 1.54) is 42.5 Å². The number of benzene rings is 3. The summed E-state index contributed by atoms with van der Waals surface area (Å²) in [4.78, 5) is 11.2. The second-order valence-corrected chi connectivity index (χ2v) is 10.3. The third-order valence-corrected chi connectivity index (χ3v) is 7.17. The van der Waals surface area contributed by atoms with Crippen molar-refractivity contribution in [2.75, 3.05) is 9.44 Å². The lowest BCUT2D eigenvalue weighted by molar-refractivity contribution is -0.138. The van der Waals surface area contributed by atoms with Crippen molar-refractivity contribution in [2.45, 2.75) is 22.3 Å². The summed E-state index contributed by atoms with van der Waals surface area (Å²) in [6.45, 7) is 0. The summed E-state index contributed by atoms with van der Waals surface area (Å²) in [5, 5.41) is 9.10. The first-order chi connectivity index (χ1) is 15.1. The number of anilines is 2. The monoisotopic (exact) mass is 475 g/mol. The van der Waals surface area contributed by atoms with Gasteiger partial charge in [0.15, 0.2) is 0 Å². The van der Waals surface area contributed by atoms with Crippen LogP contribution in [0, 0.1) is 0 Å². The van der Waals surface area contributed by atoms with Gasteiger partial charge < -0.3 is 10.8 Å². The first-order valence-electron chi connectivity index (χ1n) is 9.35. The molecule has 0 aliphatic heterocycles. The third kappa shape index (κ3) is 5.84. The zero-order valence-corrected chi connectivity index (χ0v) is 18.3. The minimum absolute atomic E-state index is 0.0130. The highest BCUT2D eigenvalue weighted by Gasteiger charge is 2.19. The van der Waals surface area contributed by atoms with Crippen LogP contribution >= 0.6 is 0 Å². The van der Waals surface area contributed by atoms with E-state index >= 15 is 0 Å². The molecular formula is C21H21N3O6S2. The molecule has 0 aliphatic carbocycles. The molecule has 0 bridgehead atoms. The van der Waals surface area contributed by atoms with Crippen LogP contribution in [0.4, 0.5) is 11.4 Å². The van der Waals surface area contributed by atoms with Crippen LogP contribution in [0.25, 0.3) is 0 Å². The Hall–Kier alpha value is -3.41. The Morgan fingerprint density at radius 1 is 0.781 bits per heavy atom. The molecule has 0 saturated carbocycles. The van der Waals surface area contributed by atoms with Crippen molar-refractivity contribution >= 4 is 37.4 Å². The Morgan fingerprint density at radius 2 is 1.19 bits per heavy atom. The molecule has 0 spiro atoms. The maximum atomic E-state index is 12.7. The van der Waals surface area contributed by atoms with Gasteiger partial charge in [-0.25, -0.2) is 16.8 Å². The summed E-state index contributed by atoms with van der Waals surface area (Å²) in [5.41, 5.74) is 6.04.